The molecule has 7 heteroatoms. The van der Waals surface area contributed by atoms with Gasteiger partial charge in [-0.3, -0.25) is 10.1 Å². The molecule has 0 unspecified atom stereocenters. The van der Waals surface area contributed by atoms with Gasteiger partial charge < -0.3 is 9.84 Å². The normalized spacial score (nSPS) is 12.0. The van der Waals surface area contributed by atoms with Gasteiger partial charge in [-0.1, -0.05) is 6.07 Å². The van der Waals surface area contributed by atoms with E-state index in [1.54, 1.807) is 0 Å². The van der Waals surface area contributed by atoms with E-state index in [1.807, 2.05) is 0 Å². The van der Waals surface area contributed by atoms with Gasteiger partial charge in [0.25, 0.3) is 0 Å². The van der Waals surface area contributed by atoms with E-state index in [0.29, 0.717) is 5.56 Å². The van der Waals surface area contributed by atoms with E-state index in [4.69, 9.17) is 4.74 Å². The lowest BCUT2D eigenvalue weighted by Gasteiger charge is -2.09. The van der Waals surface area contributed by atoms with Crippen molar-refractivity contribution in [1.82, 2.24) is 0 Å². The minimum atomic E-state index is -1.07. The minimum absolute atomic E-state index is 0.0678. The van der Waals surface area contributed by atoms with Crippen LogP contribution in [0.25, 0.3) is 0 Å². The molecule has 0 aromatic heterocycles. The Labute approximate surface area is 118 Å². The lowest BCUT2D eigenvalue weighted by atomic mass is 10.1. The number of hydrogen-bond acceptors (Lipinski definition) is 4. The van der Waals surface area contributed by atoms with Crippen LogP contribution in [-0.2, 0) is 0 Å². The predicted octanol–water partition coefficient (Wildman–Crippen LogP) is 3.72. The molecule has 1 N–H and O–H groups in total. The Morgan fingerprint density at radius 2 is 1.90 bits per heavy atom. The number of halogens is 2. The van der Waals surface area contributed by atoms with E-state index in [0.717, 1.165) is 18.2 Å². The van der Waals surface area contributed by atoms with Gasteiger partial charge in [-0.05, 0) is 30.7 Å². The third-order valence-corrected chi connectivity index (χ3v) is 2.78. The highest BCUT2D eigenvalue weighted by molar-refractivity contribution is 5.41. The first-order valence-corrected chi connectivity index (χ1v) is 5.98. The van der Waals surface area contributed by atoms with Gasteiger partial charge in [0.05, 0.1) is 11.0 Å². The average molecular weight is 295 g/mol. The van der Waals surface area contributed by atoms with Gasteiger partial charge in [0.1, 0.15) is 5.75 Å². The Morgan fingerprint density at radius 3 is 2.43 bits per heavy atom. The second-order valence-corrected chi connectivity index (χ2v) is 4.34. The van der Waals surface area contributed by atoms with Gasteiger partial charge in [0.2, 0.25) is 5.82 Å². The molecule has 0 aliphatic rings. The van der Waals surface area contributed by atoms with Crippen molar-refractivity contribution < 1.29 is 23.5 Å². The first kappa shape index (κ1) is 14.9. The van der Waals surface area contributed by atoms with Crippen LogP contribution in [0, 0.1) is 21.7 Å². The average Bonchev–Trinajstić information content (AvgIpc) is 2.40. The molecule has 0 saturated carbocycles. The van der Waals surface area contributed by atoms with E-state index < -0.39 is 28.3 Å². The topological polar surface area (TPSA) is 72.6 Å². The summed E-state index contributed by atoms with van der Waals surface area (Å²) in [5, 5.41) is 19.8. The van der Waals surface area contributed by atoms with Gasteiger partial charge in [-0.25, -0.2) is 4.39 Å². The highest BCUT2D eigenvalue weighted by Crippen LogP contribution is 2.29. The molecule has 0 saturated heterocycles. The molecule has 2 aromatic rings. The Balaban J connectivity index is 2.26. The van der Waals surface area contributed by atoms with Gasteiger partial charge in [-0.15, -0.1) is 0 Å². The second-order valence-electron chi connectivity index (χ2n) is 4.34. The Bertz CT molecular complexity index is 689. The van der Waals surface area contributed by atoms with Crippen molar-refractivity contribution in [1.29, 1.82) is 0 Å². The highest BCUT2D eigenvalue weighted by atomic mass is 19.1. The maximum atomic E-state index is 13.8. The summed E-state index contributed by atoms with van der Waals surface area (Å²) in [5.74, 6) is -2.04. The number of nitro benzene ring substituents is 1. The summed E-state index contributed by atoms with van der Waals surface area (Å²) < 4.78 is 32.3. The molecule has 21 heavy (non-hydrogen) atoms. The summed E-state index contributed by atoms with van der Waals surface area (Å²) in [5.41, 5.74) is -0.318. The molecule has 5 nitrogen and oxygen atoms in total. The largest absolute Gasteiger partial charge is 0.454 e. The molecule has 2 aromatic carbocycles. The highest BCUT2D eigenvalue weighted by Gasteiger charge is 2.15. The number of aliphatic hydroxyl groups is 1. The molecule has 1 atom stereocenters. The van der Waals surface area contributed by atoms with Gasteiger partial charge >= 0.3 is 5.69 Å². The summed E-state index contributed by atoms with van der Waals surface area (Å²) in [6.45, 7) is 1.49. The van der Waals surface area contributed by atoms with E-state index >= 15 is 0 Å². The predicted molar refractivity (Wildman–Crippen MR) is 70.2 cm³/mol. The van der Waals surface area contributed by atoms with Crippen molar-refractivity contribution in [3.8, 4) is 11.5 Å². The van der Waals surface area contributed by atoms with E-state index in [2.05, 4.69) is 0 Å². The zero-order valence-corrected chi connectivity index (χ0v) is 10.9. The summed E-state index contributed by atoms with van der Waals surface area (Å²) in [7, 11) is 0. The summed E-state index contributed by atoms with van der Waals surface area (Å²) in [4.78, 5) is 9.62. The number of nitrogens with zero attached hydrogens (tertiary/aromatic N) is 1. The molecule has 0 aliphatic carbocycles. The smallest absolute Gasteiger partial charge is 0.305 e. The van der Waals surface area contributed by atoms with E-state index in [-0.39, 0.29) is 11.5 Å². The second kappa shape index (κ2) is 5.84. The summed E-state index contributed by atoms with van der Waals surface area (Å²) in [6, 6.07) is 6.76. The Hall–Kier alpha value is -2.54. The lowest BCUT2D eigenvalue weighted by Crippen LogP contribution is -1.96. The number of hydrogen-bond donors (Lipinski definition) is 1. The molecular formula is C14H11F2NO4. The van der Waals surface area contributed by atoms with Crippen molar-refractivity contribution >= 4 is 5.69 Å². The number of benzene rings is 2. The molecule has 2 rings (SSSR count). The van der Waals surface area contributed by atoms with Crippen LogP contribution in [0.15, 0.2) is 36.4 Å². The zero-order valence-electron chi connectivity index (χ0n) is 10.9. The maximum Gasteiger partial charge on any atom is 0.305 e. The summed E-state index contributed by atoms with van der Waals surface area (Å²) in [6.07, 6.45) is -0.828. The SMILES string of the molecule is C[C@@H](O)c1ccc(Oc2ccc([N+](=O)[O-])c(F)c2)c(F)c1. The van der Waals surface area contributed by atoms with Crippen LogP contribution in [0.5, 0.6) is 11.5 Å². The van der Waals surface area contributed by atoms with E-state index in [1.165, 1.54) is 25.1 Å². The van der Waals surface area contributed by atoms with Gasteiger partial charge in [0.15, 0.2) is 11.6 Å². The Kier molecular flexibility index (Phi) is 4.13. The number of rotatable bonds is 4. The quantitative estimate of drug-likeness (QED) is 0.689. The van der Waals surface area contributed by atoms with Crippen LogP contribution >= 0.6 is 0 Å². The van der Waals surface area contributed by atoms with Gasteiger partial charge in [-0.2, -0.15) is 4.39 Å². The molecule has 0 bridgehead atoms. The Morgan fingerprint density at radius 1 is 1.19 bits per heavy atom. The van der Waals surface area contributed by atoms with E-state index in [9.17, 15) is 24.0 Å². The zero-order chi connectivity index (χ0) is 15.6. The minimum Gasteiger partial charge on any atom is -0.454 e. The van der Waals surface area contributed by atoms with Crippen LogP contribution in [0.3, 0.4) is 0 Å². The standard InChI is InChI=1S/C14H11F2NO4/c1-8(18)9-2-5-14(12(16)6-9)21-10-3-4-13(17(19)20)11(15)7-10/h2-8,18H,1H3/t8-/m1/s1. The molecule has 0 heterocycles. The lowest BCUT2D eigenvalue weighted by molar-refractivity contribution is -0.387. The van der Waals surface area contributed by atoms with Crippen molar-refractivity contribution in [2.45, 2.75) is 13.0 Å². The van der Waals surface area contributed by atoms with Crippen molar-refractivity contribution in [2.24, 2.45) is 0 Å². The fourth-order valence-electron chi connectivity index (χ4n) is 1.69. The van der Waals surface area contributed by atoms with Crippen LogP contribution in [0.4, 0.5) is 14.5 Å². The molecule has 0 spiro atoms. The summed E-state index contributed by atoms with van der Waals surface area (Å²) >= 11 is 0. The molecular weight excluding hydrogens is 284 g/mol. The first-order chi connectivity index (χ1) is 9.88. The number of nitro groups is 1. The number of ether oxygens (including phenoxy) is 1. The first-order valence-electron chi connectivity index (χ1n) is 5.98. The number of aliphatic hydroxyl groups excluding tert-OH is 1. The van der Waals surface area contributed by atoms with Crippen molar-refractivity contribution in [3.63, 3.8) is 0 Å². The monoisotopic (exact) mass is 295 g/mol. The van der Waals surface area contributed by atoms with Gasteiger partial charge in [0, 0.05) is 12.1 Å². The third-order valence-electron chi connectivity index (χ3n) is 2.78. The molecule has 0 aliphatic heterocycles. The van der Waals surface area contributed by atoms with Crippen LogP contribution in [0.2, 0.25) is 0 Å². The fraction of sp³-hybridized carbons (Fsp3) is 0.143. The molecule has 0 amide bonds. The molecule has 0 fully saturated rings. The maximum absolute atomic E-state index is 13.8. The van der Waals surface area contributed by atoms with Crippen LogP contribution in [0.1, 0.15) is 18.6 Å². The van der Waals surface area contributed by atoms with Crippen molar-refractivity contribution in [3.05, 3.63) is 63.7 Å². The third kappa shape index (κ3) is 3.32. The van der Waals surface area contributed by atoms with Crippen molar-refractivity contribution in [2.75, 3.05) is 0 Å². The fourth-order valence-corrected chi connectivity index (χ4v) is 1.69. The van der Waals surface area contributed by atoms with Crippen LogP contribution < -0.4 is 4.74 Å². The van der Waals surface area contributed by atoms with Crippen LogP contribution in [-0.4, -0.2) is 10.0 Å². The molecule has 110 valence electrons. The molecule has 0 radical (unpaired) electrons.